The summed E-state index contributed by atoms with van der Waals surface area (Å²) in [6.07, 6.45) is 11.8. The molecule has 8 aromatic carbocycles. The maximum atomic E-state index is 6.65. The van der Waals surface area contributed by atoms with Gasteiger partial charge in [-0.3, -0.25) is 5.32 Å². The van der Waals surface area contributed by atoms with Gasteiger partial charge in [-0.05, 0) is 125 Å². The van der Waals surface area contributed by atoms with Gasteiger partial charge in [0, 0.05) is 69.4 Å². The number of allylic oxidation sites excluding steroid dienone is 2. The van der Waals surface area contributed by atoms with Gasteiger partial charge in [-0.2, -0.15) is 0 Å². The molecule has 0 radical (unpaired) electrons. The largest absolute Gasteiger partial charge is 0.493 e. The van der Waals surface area contributed by atoms with Crippen molar-refractivity contribution in [2.45, 2.75) is 44.3 Å². The number of para-hydroxylation sites is 2. The molecule has 13 rings (SSSR count). The Balaban J connectivity index is 0.874. The summed E-state index contributed by atoms with van der Waals surface area (Å²) in [6.45, 7) is 0.631. The summed E-state index contributed by atoms with van der Waals surface area (Å²) in [4.78, 5) is 2.44. The van der Waals surface area contributed by atoms with E-state index < -0.39 is 0 Å². The summed E-state index contributed by atoms with van der Waals surface area (Å²) < 4.78 is 15.5. The van der Waals surface area contributed by atoms with Crippen LogP contribution in [0.4, 0.5) is 0 Å². The van der Waals surface area contributed by atoms with E-state index >= 15 is 0 Å². The molecule has 1 aliphatic carbocycles. The topological polar surface area (TPSA) is 42.6 Å². The van der Waals surface area contributed by atoms with Crippen LogP contribution in [0.2, 0.25) is 0 Å². The van der Waals surface area contributed by atoms with E-state index in [1.807, 2.05) is 6.07 Å². The summed E-state index contributed by atoms with van der Waals surface area (Å²) in [5, 5.41) is 7.75. The van der Waals surface area contributed by atoms with Gasteiger partial charge in [0.05, 0.1) is 12.1 Å². The lowest BCUT2D eigenvalue weighted by Gasteiger charge is -2.38. The zero-order chi connectivity index (χ0) is 45.1. The number of fused-ring (bicyclic) bond motifs is 9. The maximum Gasteiger partial charge on any atom is 0.135 e. The minimum atomic E-state index is -0.104. The molecule has 1 N–H and O–H groups in total. The number of ether oxygens (including phenoxy) is 1. The average Bonchev–Trinajstić information content (AvgIpc) is 3.86. The second-order valence-corrected chi connectivity index (χ2v) is 18.6. The van der Waals surface area contributed by atoms with Gasteiger partial charge in [0.15, 0.2) is 0 Å². The lowest BCUT2D eigenvalue weighted by atomic mass is 9.88. The summed E-state index contributed by atoms with van der Waals surface area (Å²) >= 11 is 0. The van der Waals surface area contributed by atoms with E-state index in [9.17, 15) is 0 Å². The van der Waals surface area contributed by atoms with Gasteiger partial charge in [0.2, 0.25) is 0 Å². The zero-order valence-electron chi connectivity index (χ0n) is 38.2. The molecule has 5 nitrogen and oxygen atoms in total. The van der Waals surface area contributed by atoms with E-state index in [0.29, 0.717) is 6.61 Å². The van der Waals surface area contributed by atoms with E-state index in [0.717, 1.165) is 65.4 Å². The van der Waals surface area contributed by atoms with Crippen molar-refractivity contribution >= 4 is 44.6 Å². The first kappa shape index (κ1) is 40.4. The monoisotopic (exact) mass is 881 g/mol. The Morgan fingerprint density at radius 2 is 1.34 bits per heavy atom. The van der Waals surface area contributed by atoms with Crippen LogP contribution in [-0.4, -0.2) is 23.1 Å². The average molecular weight is 882 g/mol. The number of nitrogens with zero attached hydrogens (tertiary/aromatic N) is 2. The van der Waals surface area contributed by atoms with Crippen molar-refractivity contribution in [3.05, 3.63) is 228 Å². The van der Waals surface area contributed by atoms with Gasteiger partial charge in [0.1, 0.15) is 23.1 Å². The molecule has 10 aromatic rings. The van der Waals surface area contributed by atoms with Gasteiger partial charge in [-0.1, -0.05) is 146 Å². The molecule has 0 bridgehead atoms. The van der Waals surface area contributed by atoms with E-state index in [1.165, 1.54) is 83.6 Å². The van der Waals surface area contributed by atoms with Crippen molar-refractivity contribution in [2.75, 3.05) is 13.7 Å². The van der Waals surface area contributed by atoms with Crippen LogP contribution in [-0.2, 0) is 12.8 Å². The Morgan fingerprint density at radius 3 is 2.22 bits per heavy atom. The molecule has 0 saturated carbocycles. The second kappa shape index (κ2) is 16.8. The number of aromatic nitrogens is 1. The lowest BCUT2D eigenvalue weighted by Crippen LogP contribution is -2.38. The SMILES string of the molecule is CN1/C(c2cccc3c2-c2cc(-c4cccc(-c5ccc6c(c5)c5c(n6-c6ccccc6)CCC=C5)c4)ccc2CCO3)=C\CCC(c2ccc3c(c2)oc2ccccc23)NC1c1ccccc1. The minimum absolute atomic E-state index is 0.104. The molecule has 330 valence electrons. The normalized spacial score (nSPS) is 17.7. The molecule has 0 spiro atoms. The van der Waals surface area contributed by atoms with Gasteiger partial charge < -0.3 is 18.6 Å². The van der Waals surface area contributed by atoms with Crippen molar-refractivity contribution in [1.29, 1.82) is 0 Å². The standard InChI is InChI=1S/C63H51N3O2/c1-65-56(26-14-24-55(64-63(65)42-15-4-2-5-16-42)47-31-33-51-50-22-9-11-27-59(50)68-61(51)40-47)52-23-13-28-60-62(52)53-38-45(30-29-41(53)35-36-67-60)43-17-12-18-44(37-43)46-32-34-58-54(39-46)49-21-8-10-25-57(49)66(58)48-19-6-3-7-20-48/h2-9,11-13,15-23,26-34,37-40,55,63-64H,10,14,24-25,35-36H2,1H3/b56-26-. The van der Waals surface area contributed by atoms with Crippen LogP contribution in [0.1, 0.15) is 65.0 Å². The van der Waals surface area contributed by atoms with Crippen molar-refractivity contribution in [2.24, 2.45) is 0 Å². The van der Waals surface area contributed by atoms with Crippen molar-refractivity contribution in [3.63, 3.8) is 0 Å². The number of nitrogens with one attached hydrogen (secondary N) is 1. The van der Waals surface area contributed by atoms with E-state index in [-0.39, 0.29) is 12.2 Å². The molecule has 2 atom stereocenters. The van der Waals surface area contributed by atoms with Gasteiger partial charge in [-0.15, -0.1) is 0 Å². The van der Waals surface area contributed by atoms with Crippen LogP contribution in [0.15, 0.2) is 199 Å². The molecular formula is C63H51N3O2. The Bertz CT molecular complexity index is 3610. The molecular weight excluding hydrogens is 831 g/mol. The summed E-state index contributed by atoms with van der Waals surface area (Å²) in [7, 11) is 2.24. The highest BCUT2D eigenvalue weighted by Gasteiger charge is 2.30. The predicted octanol–water partition coefficient (Wildman–Crippen LogP) is 15.5. The van der Waals surface area contributed by atoms with Crippen LogP contribution in [0, 0.1) is 0 Å². The number of hydrogen-bond donors (Lipinski definition) is 1. The minimum Gasteiger partial charge on any atom is -0.493 e. The summed E-state index contributed by atoms with van der Waals surface area (Å²) in [6, 6.07) is 66.6. The number of furan rings is 1. The van der Waals surface area contributed by atoms with Crippen molar-refractivity contribution in [1.82, 2.24) is 14.8 Å². The lowest BCUT2D eigenvalue weighted by molar-refractivity contribution is 0.255. The quantitative estimate of drug-likeness (QED) is 0.181. The van der Waals surface area contributed by atoms with Crippen molar-refractivity contribution in [3.8, 4) is 44.8 Å². The zero-order valence-corrected chi connectivity index (χ0v) is 38.2. The Kier molecular flexibility index (Phi) is 9.98. The van der Waals surface area contributed by atoms with E-state index in [2.05, 4.69) is 216 Å². The third-order valence-electron chi connectivity index (χ3n) is 14.6. The van der Waals surface area contributed by atoms with Gasteiger partial charge >= 0.3 is 0 Å². The predicted molar refractivity (Wildman–Crippen MR) is 280 cm³/mol. The van der Waals surface area contributed by atoms with Gasteiger partial charge in [-0.25, -0.2) is 0 Å². The summed E-state index contributed by atoms with van der Waals surface area (Å²) in [5.74, 6) is 0.929. The highest BCUT2D eigenvalue weighted by atomic mass is 16.5. The molecule has 2 aromatic heterocycles. The Morgan fingerprint density at radius 1 is 0.574 bits per heavy atom. The molecule has 4 heterocycles. The molecule has 5 heteroatoms. The molecule has 0 fully saturated rings. The van der Waals surface area contributed by atoms with Crippen LogP contribution < -0.4 is 10.1 Å². The summed E-state index contributed by atoms with van der Waals surface area (Å²) in [5.41, 5.74) is 20.4. The molecule has 3 aliphatic rings. The fraction of sp³-hybridized carbons (Fsp3) is 0.143. The first-order valence-corrected chi connectivity index (χ1v) is 24.2. The van der Waals surface area contributed by atoms with Crippen LogP contribution in [0.3, 0.4) is 0 Å². The number of rotatable bonds is 6. The first-order chi connectivity index (χ1) is 33.6. The molecule has 0 saturated heterocycles. The Labute approximate surface area is 397 Å². The first-order valence-electron chi connectivity index (χ1n) is 24.2. The number of hydrogen-bond acceptors (Lipinski definition) is 4. The highest BCUT2D eigenvalue weighted by Crippen LogP contribution is 2.46. The van der Waals surface area contributed by atoms with E-state index in [1.54, 1.807) is 0 Å². The van der Waals surface area contributed by atoms with Crippen molar-refractivity contribution < 1.29 is 9.15 Å². The Hall–Kier alpha value is -7.86. The van der Waals surface area contributed by atoms with Crippen LogP contribution >= 0.6 is 0 Å². The van der Waals surface area contributed by atoms with Crippen LogP contribution in [0.5, 0.6) is 5.75 Å². The second-order valence-electron chi connectivity index (χ2n) is 18.6. The number of benzene rings is 8. The molecule has 68 heavy (non-hydrogen) atoms. The third kappa shape index (κ3) is 6.96. The fourth-order valence-corrected chi connectivity index (χ4v) is 11.3. The van der Waals surface area contributed by atoms with E-state index in [4.69, 9.17) is 9.15 Å². The van der Waals surface area contributed by atoms with Gasteiger partial charge in [0.25, 0.3) is 0 Å². The molecule has 2 aliphatic heterocycles. The maximum absolute atomic E-state index is 6.65. The molecule has 2 unspecified atom stereocenters. The third-order valence-corrected chi connectivity index (χ3v) is 14.6. The molecule has 0 amide bonds. The smallest absolute Gasteiger partial charge is 0.135 e. The fourth-order valence-electron chi connectivity index (χ4n) is 11.3. The highest BCUT2D eigenvalue weighted by molar-refractivity contribution is 6.05. The van der Waals surface area contributed by atoms with Crippen LogP contribution in [0.25, 0.3) is 83.7 Å².